The molecule has 0 aliphatic heterocycles. The van der Waals surface area contributed by atoms with Gasteiger partial charge in [0.15, 0.2) is 0 Å². The lowest BCUT2D eigenvalue weighted by Gasteiger charge is -2.08. The van der Waals surface area contributed by atoms with E-state index < -0.39 is 16.5 Å². The average molecular weight is 264 g/mol. The SMILES string of the molecule is COC(=O)c1ccc(OS(=O)(=O)F)cc1OC. The summed E-state index contributed by atoms with van der Waals surface area (Å²) in [5, 5.41) is 0. The third kappa shape index (κ3) is 3.59. The van der Waals surface area contributed by atoms with Gasteiger partial charge in [-0.3, -0.25) is 0 Å². The molecule has 0 saturated carbocycles. The zero-order valence-corrected chi connectivity index (χ0v) is 9.78. The number of carbonyl (C=O) groups is 1. The van der Waals surface area contributed by atoms with Crippen LogP contribution in [0.15, 0.2) is 18.2 Å². The second kappa shape index (κ2) is 5.00. The summed E-state index contributed by atoms with van der Waals surface area (Å²) in [5.41, 5.74) is 0.0682. The minimum atomic E-state index is -5.11. The lowest BCUT2D eigenvalue weighted by atomic mass is 10.2. The van der Waals surface area contributed by atoms with Crippen LogP contribution in [0, 0.1) is 0 Å². The highest BCUT2D eigenvalue weighted by Gasteiger charge is 2.16. The Morgan fingerprint density at radius 3 is 2.41 bits per heavy atom. The van der Waals surface area contributed by atoms with Crippen LogP contribution in [-0.4, -0.2) is 28.6 Å². The Morgan fingerprint density at radius 1 is 1.29 bits per heavy atom. The number of hydrogen-bond acceptors (Lipinski definition) is 6. The number of methoxy groups -OCH3 is 2. The van der Waals surface area contributed by atoms with Crippen LogP contribution in [-0.2, 0) is 15.2 Å². The van der Waals surface area contributed by atoms with E-state index >= 15 is 0 Å². The molecule has 0 bridgehead atoms. The van der Waals surface area contributed by atoms with Crippen molar-refractivity contribution in [1.82, 2.24) is 0 Å². The maximum absolute atomic E-state index is 12.3. The van der Waals surface area contributed by atoms with Crippen molar-refractivity contribution < 1.29 is 30.8 Å². The fourth-order valence-corrected chi connectivity index (χ4v) is 1.45. The first-order valence-electron chi connectivity index (χ1n) is 4.28. The molecule has 8 heteroatoms. The Balaban J connectivity index is 3.13. The predicted molar refractivity (Wildman–Crippen MR) is 55.0 cm³/mol. The first kappa shape index (κ1) is 13.2. The third-order valence-corrected chi connectivity index (χ3v) is 2.17. The van der Waals surface area contributed by atoms with Crippen molar-refractivity contribution in [3.05, 3.63) is 23.8 Å². The normalized spacial score (nSPS) is 10.8. The van der Waals surface area contributed by atoms with Gasteiger partial charge in [0, 0.05) is 6.07 Å². The number of hydrogen-bond donors (Lipinski definition) is 0. The Bertz CT molecular complexity index is 524. The van der Waals surface area contributed by atoms with Crippen LogP contribution in [0.3, 0.4) is 0 Å². The van der Waals surface area contributed by atoms with E-state index in [4.69, 9.17) is 4.74 Å². The van der Waals surface area contributed by atoms with Crippen LogP contribution < -0.4 is 8.92 Å². The summed E-state index contributed by atoms with van der Waals surface area (Å²) in [5.74, 6) is -0.966. The van der Waals surface area contributed by atoms with Gasteiger partial charge in [-0.2, -0.15) is 8.42 Å². The smallest absolute Gasteiger partial charge is 0.488 e. The topological polar surface area (TPSA) is 78.9 Å². The van der Waals surface area contributed by atoms with Crippen molar-refractivity contribution >= 4 is 16.5 Å². The minimum absolute atomic E-state index is 0.0120. The monoisotopic (exact) mass is 264 g/mol. The summed E-state index contributed by atoms with van der Waals surface area (Å²) in [7, 11) is -2.67. The lowest BCUT2D eigenvalue weighted by molar-refractivity contribution is 0.0597. The largest absolute Gasteiger partial charge is 0.496 e. The van der Waals surface area contributed by atoms with Crippen LogP contribution in [0.5, 0.6) is 11.5 Å². The van der Waals surface area contributed by atoms with Gasteiger partial charge in [0.05, 0.1) is 14.2 Å². The molecule has 0 N–H and O–H groups in total. The number of benzene rings is 1. The van der Waals surface area contributed by atoms with Crippen LogP contribution in [0.2, 0.25) is 0 Å². The van der Waals surface area contributed by atoms with Gasteiger partial charge in [0.2, 0.25) is 0 Å². The Morgan fingerprint density at radius 2 is 1.94 bits per heavy atom. The fraction of sp³-hybridized carbons (Fsp3) is 0.222. The summed E-state index contributed by atoms with van der Waals surface area (Å²) in [4.78, 5) is 11.3. The van der Waals surface area contributed by atoms with Crippen molar-refractivity contribution in [3.8, 4) is 11.5 Å². The summed E-state index contributed by atoms with van der Waals surface area (Å²) >= 11 is 0. The number of esters is 1. The van der Waals surface area contributed by atoms with E-state index in [2.05, 4.69) is 8.92 Å². The van der Waals surface area contributed by atoms with Gasteiger partial charge in [-0.25, -0.2) is 4.79 Å². The molecule has 6 nitrogen and oxygen atoms in total. The molecule has 0 spiro atoms. The van der Waals surface area contributed by atoms with Crippen molar-refractivity contribution in [2.75, 3.05) is 14.2 Å². The van der Waals surface area contributed by atoms with Crippen molar-refractivity contribution in [3.63, 3.8) is 0 Å². The van der Waals surface area contributed by atoms with Gasteiger partial charge >= 0.3 is 16.5 Å². The fourth-order valence-electron chi connectivity index (χ4n) is 1.12. The molecule has 94 valence electrons. The molecular formula is C9H9FO6S. The average Bonchev–Trinajstić information content (AvgIpc) is 2.25. The quantitative estimate of drug-likeness (QED) is 0.598. The molecule has 0 unspecified atom stereocenters. The molecule has 17 heavy (non-hydrogen) atoms. The number of carbonyl (C=O) groups excluding carboxylic acids is 1. The van der Waals surface area contributed by atoms with Crippen molar-refractivity contribution in [2.24, 2.45) is 0 Å². The zero-order chi connectivity index (χ0) is 13.1. The zero-order valence-electron chi connectivity index (χ0n) is 8.97. The van der Waals surface area contributed by atoms with Crippen LogP contribution in [0.4, 0.5) is 3.89 Å². The van der Waals surface area contributed by atoms with E-state index in [1.54, 1.807) is 0 Å². The predicted octanol–water partition coefficient (Wildman–Crippen LogP) is 1.07. The Kier molecular flexibility index (Phi) is 3.89. The number of ether oxygens (including phenoxy) is 2. The van der Waals surface area contributed by atoms with Gasteiger partial charge in [0.1, 0.15) is 17.1 Å². The van der Waals surface area contributed by atoms with E-state index in [1.165, 1.54) is 20.3 Å². The maximum Gasteiger partial charge on any atom is 0.488 e. The molecule has 0 aromatic heterocycles. The van der Waals surface area contributed by atoms with Gasteiger partial charge < -0.3 is 13.7 Å². The second-order valence-electron chi connectivity index (χ2n) is 2.83. The van der Waals surface area contributed by atoms with Gasteiger partial charge in [-0.15, -0.1) is 0 Å². The van der Waals surface area contributed by atoms with E-state index in [0.717, 1.165) is 12.1 Å². The van der Waals surface area contributed by atoms with E-state index in [9.17, 15) is 17.1 Å². The molecule has 1 aromatic carbocycles. The molecule has 0 aliphatic rings. The Hall–Kier alpha value is -1.83. The molecule has 1 rings (SSSR count). The van der Waals surface area contributed by atoms with Gasteiger partial charge in [-0.1, -0.05) is 3.89 Å². The standard InChI is InChI=1S/C9H9FO6S/c1-14-8-5-6(16-17(10,12)13)3-4-7(8)9(11)15-2/h3-5H,1-2H3. The molecule has 1 aromatic rings. The molecule has 0 atom stereocenters. The number of halogens is 1. The molecule has 0 aliphatic carbocycles. The maximum atomic E-state index is 12.3. The third-order valence-electron chi connectivity index (χ3n) is 1.77. The molecule has 0 radical (unpaired) electrons. The highest BCUT2D eigenvalue weighted by molar-refractivity contribution is 7.81. The minimum Gasteiger partial charge on any atom is -0.496 e. The molecule has 0 fully saturated rings. The van der Waals surface area contributed by atoms with Crippen LogP contribution in [0.25, 0.3) is 0 Å². The van der Waals surface area contributed by atoms with Crippen molar-refractivity contribution in [2.45, 2.75) is 0 Å². The summed E-state index contributed by atoms with van der Waals surface area (Å²) in [6.07, 6.45) is 0. The highest BCUT2D eigenvalue weighted by Crippen LogP contribution is 2.26. The number of rotatable bonds is 4. The first-order chi connectivity index (χ1) is 7.87. The molecular weight excluding hydrogens is 255 g/mol. The summed E-state index contributed by atoms with van der Waals surface area (Å²) in [6, 6.07) is 3.36. The summed E-state index contributed by atoms with van der Waals surface area (Å²) < 4.78 is 46.0. The van der Waals surface area contributed by atoms with Gasteiger partial charge in [0.25, 0.3) is 0 Å². The molecule has 0 heterocycles. The summed E-state index contributed by atoms with van der Waals surface area (Å²) in [6.45, 7) is 0. The lowest BCUT2D eigenvalue weighted by Crippen LogP contribution is -2.06. The van der Waals surface area contributed by atoms with E-state index in [0.29, 0.717) is 0 Å². The molecule has 0 amide bonds. The Labute approximate surface area is 97.3 Å². The van der Waals surface area contributed by atoms with Crippen LogP contribution >= 0.6 is 0 Å². The van der Waals surface area contributed by atoms with Crippen LogP contribution in [0.1, 0.15) is 10.4 Å². The molecule has 0 saturated heterocycles. The first-order valence-corrected chi connectivity index (χ1v) is 5.58. The van der Waals surface area contributed by atoms with E-state index in [-0.39, 0.29) is 17.1 Å². The van der Waals surface area contributed by atoms with Crippen molar-refractivity contribution in [1.29, 1.82) is 0 Å². The highest BCUT2D eigenvalue weighted by atomic mass is 32.3. The van der Waals surface area contributed by atoms with E-state index in [1.807, 2.05) is 0 Å². The second-order valence-corrected chi connectivity index (χ2v) is 3.78. The van der Waals surface area contributed by atoms with Gasteiger partial charge in [-0.05, 0) is 12.1 Å².